The lowest BCUT2D eigenvalue weighted by molar-refractivity contribution is -0.299. The number of H-pyrrole nitrogens is 1. The second-order valence-electron chi connectivity index (χ2n) is 15.2. The van der Waals surface area contributed by atoms with Crippen LogP contribution >= 0.6 is 0 Å². The maximum absolute atomic E-state index is 15.7. The number of nitrogens with one attached hydrogen (secondary N) is 2. The maximum atomic E-state index is 15.7. The van der Waals surface area contributed by atoms with Crippen molar-refractivity contribution in [2.75, 3.05) is 0 Å². The van der Waals surface area contributed by atoms with Crippen LogP contribution in [0.1, 0.15) is 43.6 Å². The molecule has 1 fully saturated rings. The highest BCUT2D eigenvalue weighted by molar-refractivity contribution is 6.39. The first-order valence-corrected chi connectivity index (χ1v) is 19.6. The third kappa shape index (κ3) is 6.68. The molecule has 6 aromatic carbocycles. The highest BCUT2D eigenvalue weighted by atomic mass is 19.3. The van der Waals surface area contributed by atoms with E-state index in [0.29, 0.717) is 16.7 Å². The number of halogens is 6. The predicted molar refractivity (Wildman–Crippen MR) is 215 cm³/mol. The quantitative estimate of drug-likeness (QED) is 0.0993. The summed E-state index contributed by atoms with van der Waals surface area (Å²) in [4.78, 5) is 30.4. The highest BCUT2D eigenvalue weighted by Gasteiger charge is 2.53. The Morgan fingerprint density at radius 3 is 1.65 bits per heavy atom. The third-order valence-corrected chi connectivity index (χ3v) is 11.5. The number of nitrogens with zero attached hydrogens (tertiary/aromatic N) is 1. The van der Waals surface area contributed by atoms with Crippen LogP contribution in [-0.4, -0.2) is 52.2 Å². The number of alkyl halides is 2. The van der Waals surface area contributed by atoms with Crippen molar-refractivity contribution in [1.29, 1.82) is 0 Å². The Morgan fingerprint density at radius 2 is 1.08 bits per heavy atom. The Morgan fingerprint density at radius 1 is 0.597 bits per heavy atom. The average molecular weight is 850 g/mol. The number of carbonyl (C=O) groups excluding carboxylic acids is 2. The number of hydrogen-bond donors (Lipinski definition) is 2. The molecule has 2 aliphatic heterocycles. The SMILES string of the molecule is O=C1NC(=O)c2c1c1c3cc(F)c(F)cc3[nH]c1c1c2c2cc(F)c(F)cc2n1[C@@H]1O[C@H](C(F)F)[C@@H](OCc2ccccc2)[C@H](OCc2ccccc2)[C@H]1OCc1ccccc1. The zero-order chi connectivity index (χ0) is 42.8. The van der Waals surface area contributed by atoms with Crippen LogP contribution in [0.2, 0.25) is 0 Å². The number of carbonyl (C=O) groups is 2. The zero-order valence-electron chi connectivity index (χ0n) is 32.2. The molecule has 8 aromatic rings. The molecule has 314 valence electrons. The van der Waals surface area contributed by atoms with Gasteiger partial charge in [0.25, 0.3) is 18.2 Å². The molecule has 10 rings (SSSR count). The van der Waals surface area contributed by atoms with Gasteiger partial charge < -0.3 is 28.5 Å². The van der Waals surface area contributed by atoms with Gasteiger partial charge in [0, 0.05) is 39.2 Å². The summed E-state index contributed by atoms with van der Waals surface area (Å²) in [5, 5.41) is 2.03. The maximum Gasteiger partial charge on any atom is 0.267 e. The van der Waals surface area contributed by atoms with Gasteiger partial charge in [0.1, 0.15) is 24.4 Å². The predicted octanol–water partition coefficient (Wildman–Crippen LogP) is 9.79. The Kier molecular flexibility index (Phi) is 10.1. The Bertz CT molecular complexity index is 3040. The van der Waals surface area contributed by atoms with Crippen LogP contribution in [0.5, 0.6) is 0 Å². The molecule has 15 heteroatoms. The smallest absolute Gasteiger partial charge is 0.267 e. The van der Waals surface area contributed by atoms with Crippen molar-refractivity contribution in [3.8, 4) is 0 Å². The standard InChI is InChI=1S/C47H33F6N3O6/c48-28-16-26-32(18-30(28)50)54-38-34(26)36-37(46(58)55-45(36)57)35-27-17-29(49)31(51)19-33(27)56(39(35)38)47-43(61-22-25-14-8-3-9-15-25)41(60-21-24-12-6-2-7-13-24)40(42(62-47)44(52)53)59-20-23-10-4-1-5-11-23/h1-19,40-44,47,54H,20-22H2,(H,55,57,58)/t40-,41-,42-,43+,47+/m0/s1. The van der Waals surface area contributed by atoms with E-state index in [-0.39, 0.29) is 74.6 Å². The number of amides is 2. The van der Waals surface area contributed by atoms with Crippen LogP contribution in [0.25, 0.3) is 43.6 Å². The van der Waals surface area contributed by atoms with Crippen molar-refractivity contribution in [2.24, 2.45) is 0 Å². The van der Waals surface area contributed by atoms with Crippen molar-refractivity contribution < 1.29 is 54.9 Å². The van der Waals surface area contributed by atoms with Gasteiger partial charge in [-0.2, -0.15) is 0 Å². The molecule has 0 aliphatic carbocycles. The summed E-state index contributed by atoms with van der Waals surface area (Å²) in [6, 6.07) is 30.1. The van der Waals surface area contributed by atoms with Gasteiger partial charge in [0.05, 0.1) is 47.5 Å². The van der Waals surface area contributed by atoms with Gasteiger partial charge in [-0.1, -0.05) is 91.0 Å². The van der Waals surface area contributed by atoms with Gasteiger partial charge in [0.2, 0.25) is 0 Å². The van der Waals surface area contributed by atoms with E-state index in [4.69, 9.17) is 18.9 Å². The Labute approximate surface area is 347 Å². The molecule has 1 saturated heterocycles. The summed E-state index contributed by atoms with van der Waals surface area (Å²) in [5.74, 6) is -6.93. The van der Waals surface area contributed by atoms with Crippen molar-refractivity contribution >= 4 is 55.4 Å². The normalized spacial score (nSPS) is 20.3. The number of benzene rings is 6. The number of fused-ring (bicyclic) bond motifs is 10. The number of hydrogen-bond acceptors (Lipinski definition) is 6. The first-order chi connectivity index (χ1) is 30.1. The molecule has 0 bridgehead atoms. The minimum Gasteiger partial charge on any atom is -0.368 e. The largest absolute Gasteiger partial charge is 0.368 e. The van der Waals surface area contributed by atoms with Crippen LogP contribution in [0, 0.1) is 23.3 Å². The summed E-state index contributed by atoms with van der Waals surface area (Å²) in [6.45, 7) is -0.345. The van der Waals surface area contributed by atoms with E-state index in [1.807, 2.05) is 0 Å². The lowest BCUT2D eigenvalue weighted by atomic mass is 9.95. The number of imide groups is 1. The molecule has 5 atom stereocenters. The fourth-order valence-corrected chi connectivity index (χ4v) is 8.74. The molecule has 4 heterocycles. The zero-order valence-corrected chi connectivity index (χ0v) is 32.2. The molecule has 0 unspecified atom stereocenters. The van der Waals surface area contributed by atoms with Crippen LogP contribution in [0.4, 0.5) is 26.3 Å². The molecule has 2 N–H and O–H groups in total. The Hall–Kier alpha value is -6.52. The molecule has 62 heavy (non-hydrogen) atoms. The van der Waals surface area contributed by atoms with E-state index in [1.165, 1.54) is 4.57 Å². The first-order valence-electron chi connectivity index (χ1n) is 19.6. The van der Waals surface area contributed by atoms with Gasteiger partial charge in [0.15, 0.2) is 29.5 Å². The van der Waals surface area contributed by atoms with E-state index in [1.54, 1.807) is 91.0 Å². The van der Waals surface area contributed by atoms with E-state index in [2.05, 4.69) is 10.3 Å². The third-order valence-electron chi connectivity index (χ3n) is 11.5. The summed E-state index contributed by atoms with van der Waals surface area (Å²) in [5.41, 5.74) is 1.31. The molecule has 2 aliphatic rings. The molecule has 0 saturated carbocycles. The van der Waals surface area contributed by atoms with Gasteiger partial charge in [-0.15, -0.1) is 0 Å². The molecular weight excluding hydrogens is 817 g/mol. The molecule has 0 radical (unpaired) electrons. The average Bonchev–Trinajstić information content (AvgIpc) is 3.89. The van der Waals surface area contributed by atoms with Gasteiger partial charge in [-0.05, 0) is 28.8 Å². The van der Waals surface area contributed by atoms with Crippen LogP contribution < -0.4 is 5.32 Å². The molecule has 2 aromatic heterocycles. The first kappa shape index (κ1) is 39.6. The lowest BCUT2D eigenvalue weighted by Crippen LogP contribution is -2.60. The molecular formula is C47H33F6N3O6. The number of ether oxygens (including phenoxy) is 4. The van der Waals surface area contributed by atoms with Crippen molar-refractivity contribution in [1.82, 2.24) is 14.9 Å². The van der Waals surface area contributed by atoms with E-state index >= 15 is 17.6 Å². The second kappa shape index (κ2) is 15.7. The van der Waals surface area contributed by atoms with Gasteiger partial charge >= 0.3 is 0 Å². The highest BCUT2D eigenvalue weighted by Crippen LogP contribution is 2.48. The fourth-order valence-electron chi connectivity index (χ4n) is 8.74. The molecule has 2 amide bonds. The van der Waals surface area contributed by atoms with Gasteiger partial charge in [-0.25, -0.2) is 26.3 Å². The van der Waals surface area contributed by atoms with Crippen LogP contribution in [0.15, 0.2) is 115 Å². The summed E-state index contributed by atoms with van der Waals surface area (Å²) >= 11 is 0. The molecule has 9 nitrogen and oxygen atoms in total. The topological polar surface area (TPSA) is 104 Å². The second-order valence-corrected chi connectivity index (χ2v) is 15.2. The van der Waals surface area contributed by atoms with Crippen molar-refractivity contribution in [3.63, 3.8) is 0 Å². The van der Waals surface area contributed by atoms with E-state index in [0.717, 1.165) is 24.3 Å². The van der Waals surface area contributed by atoms with Crippen LogP contribution in [-0.2, 0) is 38.8 Å². The van der Waals surface area contributed by atoms with E-state index in [9.17, 15) is 18.4 Å². The lowest BCUT2D eigenvalue weighted by Gasteiger charge is -2.46. The number of aromatic amines is 1. The summed E-state index contributed by atoms with van der Waals surface area (Å²) < 4.78 is 120. The monoisotopic (exact) mass is 849 g/mol. The molecule has 0 spiro atoms. The summed E-state index contributed by atoms with van der Waals surface area (Å²) in [7, 11) is 0. The fraction of sp³-hybridized carbons (Fsp3) is 0.191. The van der Waals surface area contributed by atoms with Crippen LogP contribution in [0.3, 0.4) is 0 Å². The van der Waals surface area contributed by atoms with Crippen molar-refractivity contribution in [2.45, 2.75) is 56.9 Å². The summed E-state index contributed by atoms with van der Waals surface area (Å²) in [6.07, 6.45) is -11.2. The minimum absolute atomic E-state index is 0.000241. The van der Waals surface area contributed by atoms with Gasteiger partial charge in [-0.3, -0.25) is 14.9 Å². The van der Waals surface area contributed by atoms with E-state index < -0.39 is 72.2 Å². The number of rotatable bonds is 11. The minimum atomic E-state index is -3.22. The Balaban J connectivity index is 1.26. The number of aromatic nitrogens is 2. The van der Waals surface area contributed by atoms with Crippen molar-refractivity contribution in [3.05, 3.63) is 166 Å².